The van der Waals surface area contributed by atoms with Crippen molar-refractivity contribution in [3.63, 3.8) is 0 Å². The summed E-state index contributed by atoms with van der Waals surface area (Å²) in [5.41, 5.74) is 1.64. The van der Waals surface area contributed by atoms with Crippen molar-refractivity contribution in [2.45, 2.75) is 63.6 Å². The molecule has 2 bridgehead atoms. The van der Waals surface area contributed by atoms with Crippen LogP contribution in [-0.4, -0.2) is 27.8 Å². The zero-order chi connectivity index (χ0) is 25.5. The van der Waals surface area contributed by atoms with E-state index in [4.69, 9.17) is 44.6 Å². The van der Waals surface area contributed by atoms with Gasteiger partial charge < -0.3 is 15.4 Å². The molecule has 3 unspecified atom stereocenters. The number of benzene rings is 2. The number of carbonyl (C=O) groups is 1. The summed E-state index contributed by atoms with van der Waals surface area (Å²) in [6, 6.07) is 12.9. The van der Waals surface area contributed by atoms with Crippen LogP contribution in [0, 0.1) is 11.8 Å². The largest absolute Gasteiger partial charge is 0.439 e. The van der Waals surface area contributed by atoms with Crippen LogP contribution < -0.4 is 15.4 Å². The second-order valence-electron chi connectivity index (χ2n) is 10.5. The summed E-state index contributed by atoms with van der Waals surface area (Å²) in [6.07, 6.45) is 8.17. The smallest absolute Gasteiger partial charge is 0.272 e. The number of hydrogen-bond donors (Lipinski definition) is 2. The van der Waals surface area contributed by atoms with E-state index in [-0.39, 0.29) is 11.9 Å². The van der Waals surface area contributed by atoms with E-state index in [0.717, 1.165) is 25.2 Å². The van der Waals surface area contributed by atoms with Gasteiger partial charge in [-0.1, -0.05) is 47.6 Å². The molecule has 37 heavy (non-hydrogen) atoms. The fraction of sp³-hybridized carbons (Fsp3) is 0.429. The van der Waals surface area contributed by atoms with E-state index in [1.165, 1.54) is 25.7 Å². The molecule has 2 N–H and O–H groups in total. The van der Waals surface area contributed by atoms with Crippen molar-refractivity contribution in [1.29, 1.82) is 0 Å². The number of nitrogens with zero attached hydrogens (tertiary/aromatic N) is 2. The predicted molar refractivity (Wildman–Crippen MR) is 146 cm³/mol. The van der Waals surface area contributed by atoms with Crippen molar-refractivity contribution in [2.75, 3.05) is 0 Å². The molecule has 1 amide bonds. The summed E-state index contributed by atoms with van der Waals surface area (Å²) in [5, 5.41) is 13.2. The van der Waals surface area contributed by atoms with Crippen LogP contribution in [0.15, 0.2) is 42.5 Å². The molecule has 1 heterocycles. The van der Waals surface area contributed by atoms with Crippen LogP contribution in [0.3, 0.4) is 0 Å². The van der Waals surface area contributed by atoms with Crippen molar-refractivity contribution in [2.24, 2.45) is 11.8 Å². The number of carbonyl (C=O) groups excluding carboxylic acids is 1. The van der Waals surface area contributed by atoms with Crippen molar-refractivity contribution < 1.29 is 9.53 Å². The first-order valence-corrected chi connectivity index (χ1v) is 14.1. The van der Waals surface area contributed by atoms with Gasteiger partial charge >= 0.3 is 0 Å². The molecule has 3 fully saturated rings. The highest BCUT2D eigenvalue weighted by molar-refractivity contribution is 6.35. The molecule has 3 atom stereocenters. The van der Waals surface area contributed by atoms with Crippen LogP contribution in [0.1, 0.15) is 61.0 Å². The predicted octanol–water partition coefficient (Wildman–Crippen LogP) is 7.19. The average molecular weight is 560 g/mol. The minimum atomic E-state index is -0.173. The quantitative estimate of drug-likeness (QED) is 0.307. The van der Waals surface area contributed by atoms with Crippen molar-refractivity contribution in [1.82, 2.24) is 20.4 Å². The second-order valence-corrected chi connectivity index (χ2v) is 11.7. The first kappa shape index (κ1) is 25.1. The first-order chi connectivity index (χ1) is 17.9. The molecule has 0 saturated heterocycles. The zero-order valence-corrected chi connectivity index (χ0v) is 22.6. The minimum Gasteiger partial charge on any atom is -0.439 e. The Hall–Kier alpha value is -2.25. The maximum atomic E-state index is 13.7. The summed E-state index contributed by atoms with van der Waals surface area (Å²) in [4.78, 5) is 13.7. The number of rotatable bonds is 8. The van der Waals surface area contributed by atoms with Gasteiger partial charge in [0.2, 0.25) is 5.88 Å². The Morgan fingerprint density at radius 2 is 1.78 bits per heavy atom. The lowest BCUT2D eigenvalue weighted by Gasteiger charge is -2.27. The second kappa shape index (κ2) is 10.5. The van der Waals surface area contributed by atoms with Gasteiger partial charge in [0, 0.05) is 28.7 Å². The maximum absolute atomic E-state index is 13.7. The van der Waals surface area contributed by atoms with Gasteiger partial charge in [-0.2, -0.15) is 9.78 Å². The molecular formula is C28H29Cl3N4O2. The Morgan fingerprint density at radius 3 is 2.43 bits per heavy atom. The molecule has 3 saturated carbocycles. The van der Waals surface area contributed by atoms with Crippen LogP contribution >= 0.6 is 34.8 Å². The Labute approximate surface area is 231 Å². The van der Waals surface area contributed by atoms with Gasteiger partial charge in [0.15, 0.2) is 5.69 Å². The SMILES string of the molecule is O=C(NC1CC2CCC1C2)c1nn(-c2ccc(Cl)cc2Cl)c(Oc2ccc(Cl)cc2)c1CNC1CCC1. The monoisotopic (exact) mass is 558 g/mol. The summed E-state index contributed by atoms with van der Waals surface area (Å²) in [7, 11) is 0. The van der Waals surface area contributed by atoms with E-state index in [9.17, 15) is 4.79 Å². The van der Waals surface area contributed by atoms with Crippen LogP contribution in [0.25, 0.3) is 5.69 Å². The van der Waals surface area contributed by atoms with E-state index >= 15 is 0 Å². The van der Waals surface area contributed by atoms with Gasteiger partial charge in [0.05, 0.1) is 16.3 Å². The Bertz CT molecular complexity index is 1310. The molecule has 6 nitrogen and oxygen atoms in total. The fourth-order valence-corrected chi connectivity index (χ4v) is 6.44. The Morgan fingerprint density at radius 1 is 1.00 bits per heavy atom. The Balaban J connectivity index is 1.41. The van der Waals surface area contributed by atoms with E-state index in [0.29, 0.717) is 62.1 Å². The molecule has 0 spiro atoms. The molecule has 3 aliphatic carbocycles. The lowest BCUT2D eigenvalue weighted by molar-refractivity contribution is 0.0916. The van der Waals surface area contributed by atoms with Crippen molar-refractivity contribution >= 4 is 40.7 Å². The van der Waals surface area contributed by atoms with E-state index in [1.807, 2.05) is 0 Å². The first-order valence-electron chi connectivity index (χ1n) is 13.0. The fourth-order valence-electron chi connectivity index (χ4n) is 5.83. The molecule has 194 valence electrons. The summed E-state index contributed by atoms with van der Waals surface area (Å²) >= 11 is 18.9. The van der Waals surface area contributed by atoms with E-state index < -0.39 is 0 Å². The molecule has 0 aliphatic heterocycles. The molecule has 0 radical (unpaired) electrons. The number of hydrogen-bond acceptors (Lipinski definition) is 4. The molecule has 6 rings (SSSR count). The highest BCUT2D eigenvalue weighted by Gasteiger charge is 2.41. The Kier molecular flexibility index (Phi) is 7.10. The zero-order valence-electron chi connectivity index (χ0n) is 20.4. The number of ether oxygens (including phenoxy) is 1. The molecule has 3 aliphatic rings. The van der Waals surface area contributed by atoms with Crippen molar-refractivity contribution in [3.05, 3.63) is 68.8 Å². The van der Waals surface area contributed by atoms with E-state index in [1.54, 1.807) is 47.1 Å². The normalized spacial score (nSPS) is 22.7. The van der Waals surface area contributed by atoms with Gasteiger partial charge in [-0.05, 0) is 86.4 Å². The lowest BCUT2D eigenvalue weighted by atomic mass is 9.93. The van der Waals surface area contributed by atoms with Crippen molar-refractivity contribution in [3.8, 4) is 17.3 Å². The van der Waals surface area contributed by atoms with Gasteiger partial charge in [0.25, 0.3) is 5.91 Å². The number of aromatic nitrogens is 2. The van der Waals surface area contributed by atoms with E-state index in [2.05, 4.69) is 10.6 Å². The third kappa shape index (κ3) is 5.22. The van der Waals surface area contributed by atoms with Gasteiger partial charge in [-0.25, -0.2) is 0 Å². The average Bonchev–Trinajstić information content (AvgIpc) is 3.55. The molecule has 3 aromatic rings. The number of fused-ring (bicyclic) bond motifs is 2. The number of nitrogens with one attached hydrogen (secondary N) is 2. The molecule has 1 aromatic heterocycles. The van der Waals surface area contributed by atoms with Crippen LogP contribution in [0.5, 0.6) is 11.6 Å². The number of amides is 1. The maximum Gasteiger partial charge on any atom is 0.272 e. The van der Waals surface area contributed by atoms with Gasteiger partial charge in [-0.15, -0.1) is 0 Å². The topological polar surface area (TPSA) is 68.2 Å². The third-order valence-electron chi connectivity index (χ3n) is 8.04. The van der Waals surface area contributed by atoms with Crippen LogP contribution in [-0.2, 0) is 6.54 Å². The molecule has 9 heteroatoms. The lowest BCUT2D eigenvalue weighted by Crippen LogP contribution is -2.39. The van der Waals surface area contributed by atoms with Gasteiger partial charge in [0.1, 0.15) is 5.75 Å². The minimum absolute atomic E-state index is 0.173. The number of halogens is 3. The summed E-state index contributed by atoms with van der Waals surface area (Å²) in [5.74, 6) is 2.14. The standard InChI is InChI=1S/C28H29Cl3N4O2/c29-18-6-9-21(10-7-18)37-28-22(15-32-20-2-1-3-20)26(27(36)33-24-13-16-4-5-17(24)12-16)34-35(28)25-11-8-19(30)14-23(25)31/h6-11,14,16-17,20,24,32H,1-5,12-13,15H2,(H,33,36). The molecule has 2 aromatic carbocycles. The highest BCUT2D eigenvalue weighted by Crippen LogP contribution is 2.44. The summed E-state index contributed by atoms with van der Waals surface area (Å²) < 4.78 is 8.01. The highest BCUT2D eigenvalue weighted by atomic mass is 35.5. The third-order valence-corrected chi connectivity index (χ3v) is 8.83. The molecular weight excluding hydrogens is 531 g/mol. The van der Waals surface area contributed by atoms with Crippen LogP contribution in [0.4, 0.5) is 0 Å². The van der Waals surface area contributed by atoms with Crippen LogP contribution in [0.2, 0.25) is 15.1 Å². The summed E-state index contributed by atoms with van der Waals surface area (Å²) in [6.45, 7) is 0.457. The van der Waals surface area contributed by atoms with Gasteiger partial charge in [-0.3, -0.25) is 4.79 Å².